The first-order valence-corrected chi connectivity index (χ1v) is 1.59. The maximum Gasteiger partial charge on any atom is 0.300 e. The highest BCUT2D eigenvalue weighted by Crippen LogP contribution is 1.42. The van der Waals surface area contributed by atoms with Crippen molar-refractivity contribution in [2.75, 3.05) is 0 Å². The lowest BCUT2D eigenvalue weighted by molar-refractivity contribution is -0.135. The van der Waals surface area contributed by atoms with Crippen molar-refractivity contribution in [2.24, 2.45) is 0 Å². The fourth-order valence-electron chi connectivity index (χ4n) is 0. The van der Waals surface area contributed by atoms with Crippen LogP contribution in [0.2, 0.25) is 0 Å². The molecule has 0 saturated carbocycles. The number of carboxylic acid groups (broad SMARTS) is 2. The monoisotopic (exact) mass is 124 g/mol. The summed E-state index contributed by atoms with van der Waals surface area (Å²) in [5.74, 6) is -2.34. The highest BCUT2D eigenvalue weighted by molar-refractivity contribution is 5.63. The van der Waals surface area contributed by atoms with Crippen molar-refractivity contribution in [3.8, 4) is 0 Å². The van der Waals surface area contributed by atoms with Crippen LogP contribution in [-0.2, 0) is 9.59 Å². The summed E-state index contributed by atoms with van der Waals surface area (Å²) < 4.78 is 24.7. The molecule has 0 aliphatic heterocycles. The van der Waals surface area contributed by atoms with Crippen LogP contribution in [0, 0.1) is 0 Å². The van der Waals surface area contributed by atoms with Gasteiger partial charge in [-0.15, -0.1) is 0 Å². The van der Waals surface area contributed by atoms with Crippen molar-refractivity contribution >= 4 is 11.9 Å². The van der Waals surface area contributed by atoms with Gasteiger partial charge in [-0.1, -0.05) is 0 Å². The maximum absolute atomic E-state index is 9.86. The molecule has 0 atom stereocenters. The fraction of sp³-hybridized carbons (Fsp3) is 0.500. The third-order valence-corrected chi connectivity index (χ3v) is 0. The summed E-state index contributed by atoms with van der Waals surface area (Å²) in [6.07, 6.45) is 0. The van der Waals surface area contributed by atoms with Crippen LogP contribution in [0.25, 0.3) is 1.43 Å². The Kier molecular flexibility index (Phi) is 2.27. The molecule has 0 radical (unpaired) electrons. The van der Waals surface area contributed by atoms with Gasteiger partial charge in [-0.3, -0.25) is 9.59 Å². The van der Waals surface area contributed by atoms with Gasteiger partial charge in [0.25, 0.3) is 13.4 Å². The summed E-state index contributed by atoms with van der Waals surface area (Å²) in [7, 11) is 0. The average Bonchev–Trinajstić information content (AvgIpc) is 1.82. The van der Waals surface area contributed by atoms with E-state index in [9.17, 15) is 4.79 Å². The van der Waals surface area contributed by atoms with Gasteiger partial charge in [-0.25, -0.2) is 0 Å². The van der Waals surface area contributed by atoms with Crippen molar-refractivity contribution in [3.63, 3.8) is 0 Å². The third kappa shape index (κ3) is 68.3. The minimum Gasteiger partial charge on any atom is -0.481 e. The standard InChI is InChI=1S/2C2H4O2/c2*1-2(3)4/h2*1H3,(H,3,4)/i1D3;/hD. The van der Waals surface area contributed by atoms with Crippen LogP contribution in [-0.4, -0.2) is 22.2 Å². The summed E-state index contributed by atoms with van der Waals surface area (Å²) in [5.41, 5.74) is 0. The average molecular weight is 124 g/mol. The van der Waals surface area contributed by atoms with Gasteiger partial charge in [0, 0.05) is 17.9 Å². The lowest BCUT2D eigenvalue weighted by Gasteiger charge is -1.59. The molecule has 4 nitrogen and oxygen atoms in total. The SMILES string of the molecule is CC(=O)O.[2H]OC(=O)C([2H])([2H])[2H]. The molecule has 0 unspecified atom stereocenters. The molecule has 0 bridgehead atoms. The Hall–Kier alpha value is -1.06. The second-order valence-corrected chi connectivity index (χ2v) is 0.806. The zero-order valence-electron chi connectivity index (χ0n) is 8.17. The summed E-state index contributed by atoms with van der Waals surface area (Å²) >= 11 is 0. The number of aliphatic carboxylic acids is 2. The van der Waals surface area contributed by atoms with Crippen molar-refractivity contribution < 1.29 is 23.9 Å². The third-order valence-electron chi connectivity index (χ3n) is 0. The predicted molar refractivity (Wildman–Crippen MR) is 26.6 cm³/mol. The zero-order valence-corrected chi connectivity index (χ0v) is 4.17. The van der Waals surface area contributed by atoms with E-state index in [0.717, 1.165) is 6.92 Å². The van der Waals surface area contributed by atoms with Gasteiger partial charge in [0.1, 0.15) is 0 Å². The Morgan fingerprint density at radius 1 is 1.62 bits per heavy atom. The molecule has 0 spiro atoms. The first kappa shape index (κ1) is 3.06. The van der Waals surface area contributed by atoms with Crippen molar-refractivity contribution in [3.05, 3.63) is 0 Å². The first-order chi connectivity index (χ1) is 5.21. The highest BCUT2D eigenvalue weighted by Gasteiger charge is 1.65. The summed E-state index contributed by atoms with van der Waals surface area (Å²) in [4.78, 5) is 18.9. The number of hydrogen-bond acceptors (Lipinski definition) is 3. The van der Waals surface area contributed by atoms with Crippen LogP contribution in [0.1, 0.15) is 17.9 Å². The minimum atomic E-state index is -2.79. The smallest absolute Gasteiger partial charge is 0.300 e. The van der Waals surface area contributed by atoms with E-state index in [1.807, 2.05) is 0 Å². The molecule has 0 aromatic carbocycles. The van der Waals surface area contributed by atoms with E-state index in [1.165, 1.54) is 0 Å². The van der Waals surface area contributed by atoms with E-state index in [-0.39, 0.29) is 0 Å². The lowest BCUT2D eigenvalue weighted by Crippen LogP contribution is -1.78. The maximum atomic E-state index is 9.86. The zero-order chi connectivity index (χ0) is 10.4. The van der Waals surface area contributed by atoms with E-state index >= 15 is 0 Å². The quantitative estimate of drug-likeness (QED) is 0.483. The lowest BCUT2D eigenvalue weighted by atomic mass is 10.9. The van der Waals surface area contributed by atoms with E-state index in [4.69, 9.17) is 15.4 Å². The Morgan fingerprint density at radius 3 is 2.00 bits per heavy atom. The van der Waals surface area contributed by atoms with E-state index in [0.29, 0.717) is 0 Å². The van der Waals surface area contributed by atoms with E-state index in [1.54, 1.807) is 0 Å². The van der Waals surface area contributed by atoms with Gasteiger partial charge in [0.15, 0.2) is 0 Å². The molecule has 0 amide bonds. The fourth-order valence-corrected chi connectivity index (χ4v) is 0. The first-order valence-electron chi connectivity index (χ1n) is 3.49. The molecule has 4 heteroatoms. The van der Waals surface area contributed by atoms with Crippen molar-refractivity contribution in [1.29, 1.82) is 1.43 Å². The van der Waals surface area contributed by atoms with Crippen LogP contribution in [0.4, 0.5) is 0 Å². The molecule has 0 aliphatic carbocycles. The molecular weight excluding hydrogens is 112 g/mol. The van der Waals surface area contributed by atoms with Gasteiger partial charge < -0.3 is 10.2 Å². The van der Waals surface area contributed by atoms with Crippen LogP contribution >= 0.6 is 0 Å². The number of rotatable bonds is 0. The highest BCUT2D eigenvalue weighted by atomic mass is 16.4. The van der Waals surface area contributed by atoms with Gasteiger partial charge in [0.05, 0.1) is 0 Å². The molecule has 0 fully saturated rings. The minimum absolute atomic E-state index is 0.833. The molecule has 0 rings (SSSR count). The number of carboxylic acids is 2. The largest absolute Gasteiger partial charge is 0.481 e. The Balaban J connectivity index is 0. The van der Waals surface area contributed by atoms with E-state index < -0.39 is 18.8 Å². The van der Waals surface area contributed by atoms with Crippen LogP contribution in [0.5, 0.6) is 0 Å². The predicted octanol–water partition coefficient (Wildman–Crippen LogP) is 0.182. The normalized spacial score (nSPS) is 14.6. The summed E-state index contributed by atoms with van der Waals surface area (Å²) in [6, 6.07) is 0. The Bertz CT molecular complexity index is 159. The molecular formula is C4H8O4. The molecule has 8 heavy (non-hydrogen) atoms. The van der Waals surface area contributed by atoms with Gasteiger partial charge in [0.2, 0.25) is 0 Å². The second-order valence-electron chi connectivity index (χ2n) is 0.806. The molecule has 48 valence electrons. The van der Waals surface area contributed by atoms with Gasteiger partial charge >= 0.3 is 0 Å². The topological polar surface area (TPSA) is 74.6 Å². The molecule has 0 saturated heterocycles. The van der Waals surface area contributed by atoms with Crippen molar-refractivity contribution in [2.45, 2.75) is 13.8 Å². The molecule has 0 aromatic rings. The van der Waals surface area contributed by atoms with Crippen LogP contribution in [0.15, 0.2) is 0 Å². The van der Waals surface area contributed by atoms with E-state index in [2.05, 4.69) is 5.11 Å². The molecule has 0 aliphatic rings. The molecule has 2 N–H and O–H groups in total. The summed E-state index contributed by atoms with van der Waals surface area (Å²) in [5, 5.41) is 10.6. The number of carbonyl (C=O) groups is 2. The second kappa shape index (κ2) is 5.94. The van der Waals surface area contributed by atoms with Gasteiger partial charge in [-0.05, 0) is 0 Å². The number of hydrogen-bond donors (Lipinski definition) is 2. The van der Waals surface area contributed by atoms with Crippen LogP contribution in [0.3, 0.4) is 0 Å². The molecule has 0 aromatic heterocycles. The summed E-state index contributed by atoms with van der Waals surface area (Å²) in [6.45, 7) is -1.71. The van der Waals surface area contributed by atoms with Crippen molar-refractivity contribution in [1.82, 2.24) is 0 Å². The Labute approximate surface area is 52.5 Å². The molecule has 0 heterocycles. The van der Waals surface area contributed by atoms with Gasteiger partial charge in [-0.2, -0.15) is 0 Å². The van der Waals surface area contributed by atoms with Crippen LogP contribution < -0.4 is 0 Å². The Morgan fingerprint density at radius 2 is 2.00 bits per heavy atom.